The molecule has 27 heavy (non-hydrogen) atoms. The zero-order chi connectivity index (χ0) is 18.2. The first-order valence-electron chi connectivity index (χ1n) is 9.96. The second kappa shape index (κ2) is 6.93. The minimum Gasteiger partial charge on any atom is -0.338 e. The van der Waals surface area contributed by atoms with Crippen LogP contribution in [0.1, 0.15) is 18.7 Å². The summed E-state index contributed by atoms with van der Waals surface area (Å²) in [7, 11) is 0. The highest BCUT2D eigenvalue weighted by Gasteiger charge is 2.33. The number of anilines is 1. The summed E-state index contributed by atoms with van der Waals surface area (Å²) in [6, 6.07) is 11.0. The first-order chi connectivity index (χ1) is 13.3. The van der Waals surface area contributed by atoms with Gasteiger partial charge in [0.25, 0.3) is 0 Å². The molecule has 2 aliphatic rings. The Morgan fingerprint density at radius 2 is 1.85 bits per heavy atom. The van der Waals surface area contributed by atoms with E-state index in [1.807, 2.05) is 18.5 Å². The number of piperazine rings is 1. The molecule has 2 saturated heterocycles. The van der Waals surface area contributed by atoms with Crippen LogP contribution in [0.4, 0.5) is 5.95 Å². The van der Waals surface area contributed by atoms with Crippen molar-refractivity contribution in [3.63, 3.8) is 0 Å². The number of imidazole rings is 1. The lowest BCUT2D eigenvalue weighted by Crippen LogP contribution is -2.57. The van der Waals surface area contributed by atoms with Gasteiger partial charge in [-0.15, -0.1) is 0 Å². The van der Waals surface area contributed by atoms with E-state index < -0.39 is 0 Å². The van der Waals surface area contributed by atoms with E-state index >= 15 is 0 Å². The average molecular weight is 362 g/mol. The average Bonchev–Trinajstić information content (AvgIpc) is 3.03. The van der Waals surface area contributed by atoms with Gasteiger partial charge in [-0.2, -0.15) is 0 Å². The van der Waals surface area contributed by atoms with E-state index in [2.05, 4.69) is 55.5 Å². The van der Waals surface area contributed by atoms with E-state index in [4.69, 9.17) is 4.98 Å². The highest BCUT2D eigenvalue weighted by atomic mass is 15.3. The van der Waals surface area contributed by atoms with Gasteiger partial charge in [0.05, 0.1) is 11.0 Å². The van der Waals surface area contributed by atoms with Gasteiger partial charge in [0, 0.05) is 51.2 Å². The molecule has 0 unspecified atom stereocenters. The van der Waals surface area contributed by atoms with Crippen LogP contribution in [0.15, 0.2) is 42.7 Å². The Bertz CT molecular complexity index is 921. The molecule has 0 amide bonds. The lowest BCUT2D eigenvalue weighted by molar-refractivity contribution is 0.0886. The van der Waals surface area contributed by atoms with Crippen molar-refractivity contribution >= 4 is 17.0 Å². The summed E-state index contributed by atoms with van der Waals surface area (Å²) in [6.07, 6.45) is 6.20. The number of hydrogen-bond donors (Lipinski definition) is 0. The Balaban J connectivity index is 1.26. The molecule has 2 aromatic heterocycles. The van der Waals surface area contributed by atoms with Crippen molar-refractivity contribution in [3.8, 4) is 0 Å². The summed E-state index contributed by atoms with van der Waals surface area (Å²) >= 11 is 0. The number of piperidine rings is 1. The molecule has 2 fully saturated rings. The van der Waals surface area contributed by atoms with Crippen molar-refractivity contribution in [2.75, 3.05) is 31.1 Å². The van der Waals surface area contributed by atoms with Crippen LogP contribution in [0.2, 0.25) is 0 Å². The summed E-state index contributed by atoms with van der Waals surface area (Å²) in [6.45, 7) is 7.54. The number of aromatic nitrogens is 4. The van der Waals surface area contributed by atoms with E-state index in [1.54, 1.807) is 0 Å². The maximum absolute atomic E-state index is 4.73. The minimum absolute atomic E-state index is 0.624. The van der Waals surface area contributed by atoms with Gasteiger partial charge in [-0.05, 0) is 43.9 Å². The summed E-state index contributed by atoms with van der Waals surface area (Å²) in [5, 5.41) is 0. The Labute approximate surface area is 159 Å². The number of fused-ring (bicyclic) bond motifs is 2. The molecule has 6 nitrogen and oxygen atoms in total. The van der Waals surface area contributed by atoms with Crippen molar-refractivity contribution in [1.29, 1.82) is 0 Å². The number of aryl methyl sites for hydroxylation is 1. The molecule has 4 heterocycles. The molecular weight excluding hydrogens is 336 g/mol. The maximum Gasteiger partial charge on any atom is 0.225 e. The third kappa shape index (κ3) is 3.18. The lowest BCUT2D eigenvalue weighted by atomic mass is 9.91. The molecule has 2 atom stereocenters. The van der Waals surface area contributed by atoms with E-state index in [0.717, 1.165) is 43.5 Å². The number of hydrogen-bond acceptors (Lipinski definition) is 5. The molecule has 0 aliphatic carbocycles. The Kier molecular flexibility index (Phi) is 4.28. The predicted molar refractivity (Wildman–Crippen MR) is 107 cm³/mol. The second-order valence-electron chi connectivity index (χ2n) is 7.85. The normalized spacial score (nSPS) is 23.5. The summed E-state index contributed by atoms with van der Waals surface area (Å²) in [5.41, 5.74) is 2.38. The van der Waals surface area contributed by atoms with Crippen LogP contribution in [0, 0.1) is 12.8 Å². The van der Waals surface area contributed by atoms with Crippen molar-refractivity contribution in [2.45, 2.75) is 32.4 Å². The number of nitrogens with zero attached hydrogens (tertiary/aromatic N) is 6. The summed E-state index contributed by atoms with van der Waals surface area (Å²) in [4.78, 5) is 18.6. The first-order valence-corrected chi connectivity index (χ1v) is 9.96. The predicted octanol–water partition coefficient (Wildman–Crippen LogP) is 2.74. The molecule has 3 aromatic rings. The molecule has 5 rings (SSSR count). The molecule has 0 N–H and O–H groups in total. The van der Waals surface area contributed by atoms with Crippen LogP contribution in [-0.2, 0) is 6.54 Å². The fraction of sp³-hybridized carbons (Fsp3) is 0.476. The van der Waals surface area contributed by atoms with Crippen LogP contribution in [0.5, 0.6) is 0 Å². The SMILES string of the molecule is Cc1nc2ccccc2n1C[C@@H]1CC[C@H]2CN(c3ncccn3)CCN2C1. The van der Waals surface area contributed by atoms with Gasteiger partial charge in [0.1, 0.15) is 5.82 Å². The molecule has 0 saturated carbocycles. The van der Waals surface area contributed by atoms with Crippen LogP contribution in [-0.4, -0.2) is 56.6 Å². The standard InChI is InChI=1S/C21H26N6/c1-16-24-19-5-2-3-6-20(19)27(16)14-17-7-8-18-15-26(12-11-25(18)13-17)21-22-9-4-10-23-21/h2-6,9-10,17-18H,7-8,11-15H2,1H3/t17-,18+/m1/s1. The quantitative estimate of drug-likeness (QED) is 0.717. The fourth-order valence-electron chi connectivity index (χ4n) is 4.73. The van der Waals surface area contributed by atoms with Gasteiger partial charge in [0.15, 0.2) is 0 Å². The van der Waals surface area contributed by atoms with Gasteiger partial charge < -0.3 is 9.47 Å². The third-order valence-corrected chi connectivity index (χ3v) is 6.13. The third-order valence-electron chi connectivity index (χ3n) is 6.13. The Hall–Kier alpha value is -2.47. The van der Waals surface area contributed by atoms with E-state index in [1.165, 1.54) is 24.9 Å². The zero-order valence-electron chi connectivity index (χ0n) is 15.8. The molecule has 2 aliphatic heterocycles. The molecule has 1 aromatic carbocycles. The number of benzene rings is 1. The van der Waals surface area contributed by atoms with Crippen molar-refractivity contribution in [2.24, 2.45) is 5.92 Å². The smallest absolute Gasteiger partial charge is 0.225 e. The summed E-state index contributed by atoms with van der Waals surface area (Å²) < 4.78 is 2.41. The molecule has 140 valence electrons. The molecule has 6 heteroatoms. The van der Waals surface area contributed by atoms with Crippen LogP contribution in [0.3, 0.4) is 0 Å². The minimum atomic E-state index is 0.624. The van der Waals surface area contributed by atoms with Gasteiger partial charge in [-0.25, -0.2) is 15.0 Å². The van der Waals surface area contributed by atoms with Crippen molar-refractivity contribution in [1.82, 2.24) is 24.4 Å². The van der Waals surface area contributed by atoms with Crippen molar-refractivity contribution < 1.29 is 0 Å². The number of rotatable bonds is 3. The largest absolute Gasteiger partial charge is 0.338 e. The maximum atomic E-state index is 4.73. The van der Waals surface area contributed by atoms with Gasteiger partial charge >= 0.3 is 0 Å². The van der Waals surface area contributed by atoms with Gasteiger partial charge in [-0.1, -0.05) is 12.1 Å². The molecule has 0 bridgehead atoms. The first kappa shape index (κ1) is 16.7. The highest BCUT2D eigenvalue weighted by Crippen LogP contribution is 2.28. The van der Waals surface area contributed by atoms with Crippen LogP contribution in [0.25, 0.3) is 11.0 Å². The summed E-state index contributed by atoms with van der Waals surface area (Å²) in [5.74, 6) is 2.70. The molecule has 0 spiro atoms. The second-order valence-corrected chi connectivity index (χ2v) is 7.85. The van der Waals surface area contributed by atoms with Gasteiger partial charge in [0.2, 0.25) is 5.95 Å². The van der Waals surface area contributed by atoms with Crippen LogP contribution < -0.4 is 4.90 Å². The van der Waals surface area contributed by atoms with Gasteiger partial charge in [-0.3, -0.25) is 4.90 Å². The molecular formula is C21H26N6. The topological polar surface area (TPSA) is 50.1 Å². The Morgan fingerprint density at radius 1 is 1.00 bits per heavy atom. The van der Waals surface area contributed by atoms with Crippen LogP contribution >= 0.6 is 0 Å². The fourth-order valence-corrected chi connectivity index (χ4v) is 4.73. The van der Waals surface area contributed by atoms with E-state index in [0.29, 0.717) is 12.0 Å². The van der Waals surface area contributed by atoms with E-state index in [-0.39, 0.29) is 0 Å². The highest BCUT2D eigenvalue weighted by molar-refractivity contribution is 5.75. The molecule has 0 radical (unpaired) electrons. The monoisotopic (exact) mass is 362 g/mol. The number of para-hydroxylation sites is 2. The Morgan fingerprint density at radius 3 is 2.74 bits per heavy atom. The van der Waals surface area contributed by atoms with Crippen molar-refractivity contribution in [3.05, 3.63) is 48.5 Å². The van der Waals surface area contributed by atoms with E-state index in [9.17, 15) is 0 Å². The lowest BCUT2D eigenvalue weighted by Gasteiger charge is -2.46. The zero-order valence-corrected chi connectivity index (χ0v) is 15.8.